The molecule has 8 nitrogen and oxygen atoms in total. The molecule has 0 atom stereocenters. The molecule has 1 amide bonds. The Morgan fingerprint density at radius 2 is 2.21 bits per heavy atom. The fourth-order valence-electron chi connectivity index (χ4n) is 2.12. The molecule has 0 bridgehead atoms. The zero-order valence-electron chi connectivity index (χ0n) is 14.9. The third-order valence-corrected chi connectivity index (χ3v) is 5.71. The summed E-state index contributed by atoms with van der Waals surface area (Å²) in [6.45, 7) is -3.57. The molecule has 1 aliphatic rings. The van der Waals surface area contributed by atoms with Crippen molar-refractivity contribution >= 4 is 38.2 Å². The molecule has 0 spiro atoms. The first-order valence-electron chi connectivity index (χ1n) is 8.02. The van der Waals surface area contributed by atoms with Gasteiger partial charge in [0.15, 0.2) is 16.6 Å². The summed E-state index contributed by atoms with van der Waals surface area (Å²) >= 11 is 0.915. The van der Waals surface area contributed by atoms with E-state index in [1.807, 2.05) is 0 Å². The highest BCUT2D eigenvalue weighted by molar-refractivity contribution is 7.89. The highest BCUT2D eigenvalue weighted by Crippen LogP contribution is 2.34. The highest BCUT2D eigenvalue weighted by atomic mass is 32.2. The number of thiazole rings is 1. The number of carbonyl (C=O) groups excluding carboxylic acids is 1. The quantitative estimate of drug-likeness (QED) is 0.696. The maximum absolute atomic E-state index is 12.8. The van der Waals surface area contributed by atoms with Crippen molar-refractivity contribution in [3.05, 3.63) is 46.6 Å². The van der Waals surface area contributed by atoms with Gasteiger partial charge in [0.25, 0.3) is 15.9 Å². The molecule has 2 aromatic rings. The number of likely N-dealkylation sites (N-methyl/N-ethyl adjacent to an activating group) is 1. The number of amides is 1. The summed E-state index contributed by atoms with van der Waals surface area (Å²) in [5.74, 6) is -1.95. The molecule has 0 saturated heterocycles. The molecule has 2 heterocycles. The summed E-state index contributed by atoms with van der Waals surface area (Å²) in [7, 11) is -4.62. The number of aromatic nitrogens is 1. The predicted octanol–water partition coefficient (Wildman–Crippen LogP) is 1.13. The van der Waals surface area contributed by atoms with Crippen LogP contribution in [-0.2, 0) is 21.4 Å². The molecular weight excluding hydrogens is 355 g/mol. The maximum atomic E-state index is 12.8. The Labute approximate surface area is 146 Å². The number of fused-ring (bicyclic) bond motifs is 1. The number of benzene rings is 1. The van der Waals surface area contributed by atoms with Crippen LogP contribution in [0.4, 0.5) is 5.13 Å². The summed E-state index contributed by atoms with van der Waals surface area (Å²) < 4.78 is 48.2. The van der Waals surface area contributed by atoms with Gasteiger partial charge in [-0.3, -0.25) is 14.4 Å². The predicted molar refractivity (Wildman–Crippen MR) is 87.6 cm³/mol. The van der Waals surface area contributed by atoms with Gasteiger partial charge in [-0.05, 0) is 12.1 Å². The number of rotatable bonds is 3. The molecule has 10 heteroatoms. The summed E-state index contributed by atoms with van der Waals surface area (Å²) in [5, 5.41) is 21.8. The smallest absolute Gasteiger partial charge is 0.278 e. The summed E-state index contributed by atoms with van der Waals surface area (Å²) in [4.78, 5) is 16.5. The van der Waals surface area contributed by atoms with Crippen LogP contribution in [0, 0.1) is 0 Å². The van der Waals surface area contributed by atoms with Crippen LogP contribution in [0.5, 0.6) is 0 Å². The van der Waals surface area contributed by atoms with Gasteiger partial charge < -0.3 is 10.2 Å². The van der Waals surface area contributed by atoms with Crippen LogP contribution in [0.15, 0.2) is 41.1 Å². The number of aliphatic hydroxyl groups is 2. The molecule has 0 radical (unpaired) electrons. The van der Waals surface area contributed by atoms with E-state index in [0.29, 0.717) is 4.88 Å². The molecule has 1 aliphatic heterocycles. The third-order valence-electron chi connectivity index (χ3n) is 3.23. The third kappa shape index (κ3) is 2.54. The molecular formula is C14H13N3O5S2. The molecule has 0 aliphatic carbocycles. The zero-order chi connectivity index (χ0) is 20.0. The number of hydrogen-bond donors (Lipinski definition) is 3. The highest BCUT2D eigenvalue weighted by Gasteiger charge is 2.37. The molecule has 0 fully saturated rings. The van der Waals surface area contributed by atoms with E-state index in [4.69, 9.17) is 9.22 Å². The van der Waals surface area contributed by atoms with E-state index in [9.17, 15) is 18.3 Å². The van der Waals surface area contributed by atoms with Gasteiger partial charge in [0.2, 0.25) is 0 Å². The van der Waals surface area contributed by atoms with Gasteiger partial charge >= 0.3 is 0 Å². The first-order chi connectivity index (χ1) is 12.6. The van der Waals surface area contributed by atoms with Gasteiger partial charge in [-0.2, -0.15) is 0 Å². The van der Waals surface area contributed by atoms with Gasteiger partial charge in [-0.25, -0.2) is 13.4 Å². The van der Waals surface area contributed by atoms with E-state index in [-0.39, 0.29) is 21.6 Å². The molecule has 3 N–H and O–H groups in total. The van der Waals surface area contributed by atoms with Crippen LogP contribution in [0.3, 0.4) is 0 Å². The minimum Gasteiger partial charge on any atom is -0.505 e. The van der Waals surface area contributed by atoms with Crippen LogP contribution >= 0.6 is 11.3 Å². The van der Waals surface area contributed by atoms with Crippen LogP contribution in [0.25, 0.3) is 5.76 Å². The molecule has 24 heavy (non-hydrogen) atoms. The Balaban J connectivity index is 2.16. The monoisotopic (exact) mass is 371 g/mol. The van der Waals surface area contributed by atoms with Gasteiger partial charge in [0, 0.05) is 22.8 Å². The minimum absolute atomic E-state index is 0.00565. The van der Waals surface area contributed by atoms with Crippen molar-refractivity contribution in [3.63, 3.8) is 0 Å². The maximum Gasteiger partial charge on any atom is 0.278 e. The SMILES string of the molecule is [2H][13C]([2H])([2H])N1C(C(=O)Nc2ncc(CO)s2)=C(O)c2ccccc2S1(=O)=O. The lowest BCUT2D eigenvalue weighted by molar-refractivity contribution is -0.113. The number of sulfonamides is 1. The second-order valence-corrected chi connectivity index (χ2v) is 7.58. The topological polar surface area (TPSA) is 120 Å². The normalized spacial score (nSPS) is 18.4. The van der Waals surface area contributed by atoms with E-state index in [0.717, 1.165) is 17.4 Å². The number of carbonyl (C=O) groups is 1. The van der Waals surface area contributed by atoms with Crippen LogP contribution in [-0.4, -0.2) is 40.8 Å². The van der Waals surface area contributed by atoms with Crippen molar-refractivity contribution in [3.8, 4) is 0 Å². The first kappa shape index (κ1) is 12.9. The Bertz CT molecular complexity index is 1050. The van der Waals surface area contributed by atoms with Gasteiger partial charge in [0.1, 0.15) is 0 Å². The van der Waals surface area contributed by atoms with E-state index >= 15 is 0 Å². The van der Waals surface area contributed by atoms with E-state index in [1.54, 1.807) is 0 Å². The number of anilines is 1. The standard InChI is InChI=1S/C14H13N3O5S2/c1-17-11(13(20)16-14-15-6-8(7-18)23-14)12(19)9-4-2-3-5-10(9)24(17,21)22/h2-6,18-19H,7H2,1H3,(H,15,16,20)/i1+1D3. The lowest BCUT2D eigenvalue weighted by atomic mass is 10.1. The second kappa shape index (κ2) is 5.89. The van der Waals surface area contributed by atoms with E-state index in [1.165, 1.54) is 24.4 Å². The van der Waals surface area contributed by atoms with Crippen molar-refractivity contribution in [2.75, 3.05) is 12.3 Å². The van der Waals surface area contributed by atoms with Crippen molar-refractivity contribution < 1.29 is 27.5 Å². The first-order valence-corrected chi connectivity index (χ1v) is 8.78. The number of nitrogens with one attached hydrogen (secondary N) is 1. The fraction of sp³-hybridized carbons (Fsp3) is 0.143. The fourth-order valence-corrected chi connectivity index (χ4v) is 4.09. The van der Waals surface area contributed by atoms with Crippen LogP contribution in [0.2, 0.25) is 0 Å². The van der Waals surface area contributed by atoms with Crippen molar-refractivity contribution in [2.45, 2.75) is 11.5 Å². The largest absolute Gasteiger partial charge is 0.505 e. The van der Waals surface area contributed by atoms with E-state index < -0.39 is 39.3 Å². The Kier molecular flexibility index (Phi) is 3.17. The lowest BCUT2D eigenvalue weighted by Crippen LogP contribution is -2.37. The molecule has 126 valence electrons. The van der Waals surface area contributed by atoms with Crippen LogP contribution in [0.1, 0.15) is 14.6 Å². The second-order valence-electron chi connectivity index (χ2n) is 4.71. The number of nitrogens with zero attached hydrogens (tertiary/aromatic N) is 2. The molecule has 0 saturated carbocycles. The lowest BCUT2D eigenvalue weighted by Gasteiger charge is -2.28. The average Bonchev–Trinajstić information content (AvgIpc) is 3.04. The Morgan fingerprint density at radius 1 is 1.46 bits per heavy atom. The summed E-state index contributed by atoms with van der Waals surface area (Å²) in [6, 6.07) is 5.22. The Morgan fingerprint density at radius 3 is 2.88 bits per heavy atom. The molecule has 1 aromatic heterocycles. The minimum atomic E-state index is -4.62. The van der Waals surface area contributed by atoms with Gasteiger partial charge in [-0.15, -0.1) is 0 Å². The molecule has 1 aromatic carbocycles. The molecule has 3 rings (SSSR count). The van der Waals surface area contributed by atoms with Gasteiger partial charge in [0.05, 0.1) is 16.4 Å². The Hall–Kier alpha value is -2.43. The van der Waals surface area contributed by atoms with Crippen molar-refractivity contribution in [1.29, 1.82) is 0 Å². The van der Waals surface area contributed by atoms with E-state index in [2.05, 4.69) is 10.3 Å². The number of aliphatic hydroxyl groups excluding tert-OH is 2. The molecule has 0 unspecified atom stereocenters. The zero-order valence-corrected chi connectivity index (χ0v) is 13.6. The average molecular weight is 371 g/mol. The van der Waals surface area contributed by atoms with Crippen molar-refractivity contribution in [2.24, 2.45) is 0 Å². The summed E-state index contributed by atoms with van der Waals surface area (Å²) in [5.41, 5.74) is -1.12. The van der Waals surface area contributed by atoms with Gasteiger partial charge in [-0.1, -0.05) is 23.5 Å². The van der Waals surface area contributed by atoms with Crippen LogP contribution < -0.4 is 5.32 Å². The number of hydrogen-bond acceptors (Lipinski definition) is 7. The summed E-state index contributed by atoms with van der Waals surface area (Å²) in [6.07, 6.45) is 1.29. The van der Waals surface area contributed by atoms with Crippen molar-refractivity contribution in [1.82, 2.24) is 9.29 Å².